The lowest BCUT2D eigenvalue weighted by Gasteiger charge is -2.24. The summed E-state index contributed by atoms with van der Waals surface area (Å²) in [5.41, 5.74) is 0.959. The van der Waals surface area contributed by atoms with Gasteiger partial charge in [-0.25, -0.2) is 8.42 Å². The topological polar surface area (TPSA) is 93.7 Å². The number of sulfonamides is 1. The van der Waals surface area contributed by atoms with Gasteiger partial charge in [-0.1, -0.05) is 38.0 Å². The fourth-order valence-corrected chi connectivity index (χ4v) is 3.48. The van der Waals surface area contributed by atoms with E-state index in [2.05, 4.69) is 10.0 Å². The minimum atomic E-state index is -3.80. The van der Waals surface area contributed by atoms with Crippen molar-refractivity contribution in [3.05, 3.63) is 29.8 Å². The molecule has 0 saturated heterocycles. The van der Waals surface area contributed by atoms with Crippen LogP contribution < -0.4 is 10.0 Å². The molecule has 0 bridgehead atoms. The summed E-state index contributed by atoms with van der Waals surface area (Å²) in [5, 5.41) is 2.67. The Balaban J connectivity index is 2.91. The Morgan fingerprint density at radius 2 is 1.72 bits per heavy atom. The van der Waals surface area contributed by atoms with Crippen molar-refractivity contribution in [2.24, 2.45) is 5.92 Å². The van der Waals surface area contributed by atoms with Gasteiger partial charge in [0.25, 0.3) is 0 Å². The molecular weight excluding hydrogens is 344 g/mol. The average Bonchev–Trinajstić information content (AvgIpc) is 2.60. The van der Waals surface area contributed by atoms with Gasteiger partial charge in [0.1, 0.15) is 6.04 Å². The van der Waals surface area contributed by atoms with Gasteiger partial charge >= 0.3 is 0 Å². The molecule has 0 saturated carbocycles. The SMILES string of the molecule is CC[C@@H](C)[C@H](NS(=O)(=O)c1ccc(C)cc1)C(=O)NCC(OC)OC. The molecule has 2 N–H and O–H groups in total. The first-order valence-corrected chi connectivity index (χ1v) is 9.65. The quantitative estimate of drug-likeness (QED) is 0.606. The number of hydrogen-bond acceptors (Lipinski definition) is 5. The van der Waals surface area contributed by atoms with E-state index in [1.54, 1.807) is 12.1 Å². The molecule has 0 aliphatic heterocycles. The van der Waals surface area contributed by atoms with Gasteiger partial charge in [-0.2, -0.15) is 4.72 Å². The average molecular weight is 372 g/mol. The van der Waals surface area contributed by atoms with Gasteiger partial charge in [0.2, 0.25) is 15.9 Å². The second-order valence-corrected chi connectivity index (χ2v) is 7.66. The highest BCUT2D eigenvalue weighted by atomic mass is 32.2. The van der Waals surface area contributed by atoms with Crippen molar-refractivity contribution in [2.45, 2.75) is 44.4 Å². The summed E-state index contributed by atoms with van der Waals surface area (Å²) < 4.78 is 37.7. The predicted molar refractivity (Wildman–Crippen MR) is 95.6 cm³/mol. The van der Waals surface area contributed by atoms with Crippen LogP contribution in [0.2, 0.25) is 0 Å². The fourth-order valence-electron chi connectivity index (χ4n) is 2.17. The zero-order chi connectivity index (χ0) is 19.0. The van der Waals surface area contributed by atoms with Crippen LogP contribution in [0.25, 0.3) is 0 Å². The number of methoxy groups -OCH3 is 2. The molecule has 0 spiro atoms. The molecule has 7 nitrogen and oxygen atoms in total. The molecule has 0 radical (unpaired) electrons. The summed E-state index contributed by atoms with van der Waals surface area (Å²) in [4.78, 5) is 12.6. The van der Waals surface area contributed by atoms with E-state index in [1.165, 1.54) is 26.4 Å². The Morgan fingerprint density at radius 1 is 1.16 bits per heavy atom. The molecule has 1 aromatic carbocycles. The van der Waals surface area contributed by atoms with E-state index < -0.39 is 28.3 Å². The van der Waals surface area contributed by atoms with Crippen LogP contribution in [0.4, 0.5) is 0 Å². The summed E-state index contributed by atoms with van der Waals surface area (Å²) >= 11 is 0. The molecule has 1 aromatic rings. The Kier molecular flexibility index (Phi) is 8.51. The third-order valence-electron chi connectivity index (χ3n) is 4.08. The van der Waals surface area contributed by atoms with E-state index in [1.807, 2.05) is 20.8 Å². The van der Waals surface area contributed by atoms with Crippen molar-refractivity contribution in [1.82, 2.24) is 10.0 Å². The van der Waals surface area contributed by atoms with E-state index in [-0.39, 0.29) is 17.4 Å². The number of benzene rings is 1. The van der Waals surface area contributed by atoms with Crippen molar-refractivity contribution in [2.75, 3.05) is 20.8 Å². The van der Waals surface area contributed by atoms with Crippen LogP contribution in [0.15, 0.2) is 29.2 Å². The Hall–Kier alpha value is -1.48. The highest BCUT2D eigenvalue weighted by molar-refractivity contribution is 7.89. The molecule has 2 atom stereocenters. The zero-order valence-electron chi connectivity index (χ0n) is 15.4. The number of amides is 1. The minimum Gasteiger partial charge on any atom is -0.354 e. The maximum atomic E-state index is 12.6. The molecule has 25 heavy (non-hydrogen) atoms. The molecular formula is C17H28N2O5S. The smallest absolute Gasteiger partial charge is 0.241 e. The van der Waals surface area contributed by atoms with E-state index in [4.69, 9.17) is 9.47 Å². The van der Waals surface area contributed by atoms with Gasteiger partial charge in [-0.3, -0.25) is 4.79 Å². The van der Waals surface area contributed by atoms with Gasteiger partial charge in [-0.05, 0) is 25.0 Å². The minimum absolute atomic E-state index is 0.130. The van der Waals surface area contributed by atoms with Gasteiger partial charge in [0, 0.05) is 14.2 Å². The third-order valence-corrected chi connectivity index (χ3v) is 5.53. The van der Waals surface area contributed by atoms with Crippen LogP contribution in [-0.2, 0) is 24.3 Å². The first kappa shape index (κ1) is 21.6. The molecule has 0 aliphatic rings. The lowest BCUT2D eigenvalue weighted by atomic mass is 9.99. The number of carbonyl (C=O) groups is 1. The lowest BCUT2D eigenvalue weighted by molar-refractivity contribution is -0.129. The van der Waals surface area contributed by atoms with Crippen LogP contribution in [0.3, 0.4) is 0 Å². The number of ether oxygens (including phenoxy) is 2. The van der Waals surface area contributed by atoms with Gasteiger partial charge in [-0.15, -0.1) is 0 Å². The van der Waals surface area contributed by atoms with E-state index >= 15 is 0 Å². The van der Waals surface area contributed by atoms with Gasteiger partial charge in [0.15, 0.2) is 6.29 Å². The lowest BCUT2D eigenvalue weighted by Crippen LogP contribution is -2.51. The highest BCUT2D eigenvalue weighted by Crippen LogP contribution is 2.15. The third kappa shape index (κ3) is 6.39. The molecule has 8 heteroatoms. The van der Waals surface area contributed by atoms with Crippen molar-refractivity contribution >= 4 is 15.9 Å². The largest absolute Gasteiger partial charge is 0.354 e. The number of rotatable bonds is 10. The summed E-state index contributed by atoms with van der Waals surface area (Å²) in [5.74, 6) is -0.590. The fraction of sp³-hybridized carbons (Fsp3) is 0.588. The number of carbonyl (C=O) groups excluding carboxylic acids is 1. The first-order valence-electron chi connectivity index (χ1n) is 8.17. The van der Waals surface area contributed by atoms with Crippen LogP contribution in [-0.4, -0.2) is 47.4 Å². The second-order valence-electron chi connectivity index (χ2n) is 5.94. The predicted octanol–water partition coefficient (Wildman–Crippen LogP) is 1.42. The molecule has 0 aromatic heterocycles. The standard InChI is InChI=1S/C17H28N2O5S/c1-6-13(3)16(17(20)18-11-15(23-4)24-5)19-25(21,22)14-9-7-12(2)8-10-14/h7-10,13,15-16,19H,6,11H2,1-5H3,(H,18,20)/t13-,16+/m1/s1. The number of hydrogen-bond donors (Lipinski definition) is 2. The highest BCUT2D eigenvalue weighted by Gasteiger charge is 2.29. The van der Waals surface area contributed by atoms with Crippen molar-refractivity contribution in [3.8, 4) is 0 Å². The molecule has 1 amide bonds. The summed E-state index contributed by atoms with van der Waals surface area (Å²) in [6.45, 7) is 5.73. The Labute approximate surface area is 150 Å². The van der Waals surface area contributed by atoms with E-state index in [0.717, 1.165) is 5.56 Å². The maximum absolute atomic E-state index is 12.6. The summed E-state index contributed by atoms with van der Waals surface area (Å²) in [7, 11) is -0.870. The molecule has 0 heterocycles. The van der Waals surface area contributed by atoms with Crippen molar-refractivity contribution < 1.29 is 22.7 Å². The van der Waals surface area contributed by atoms with Gasteiger partial charge < -0.3 is 14.8 Å². The van der Waals surface area contributed by atoms with Crippen molar-refractivity contribution in [3.63, 3.8) is 0 Å². The van der Waals surface area contributed by atoms with Crippen LogP contribution in [0.5, 0.6) is 0 Å². The molecule has 1 rings (SSSR count). The number of aryl methyl sites for hydroxylation is 1. The van der Waals surface area contributed by atoms with E-state index in [9.17, 15) is 13.2 Å². The summed E-state index contributed by atoms with van der Waals surface area (Å²) in [6.07, 6.45) is 0.0576. The second kappa shape index (κ2) is 9.86. The maximum Gasteiger partial charge on any atom is 0.241 e. The Morgan fingerprint density at radius 3 is 2.20 bits per heavy atom. The molecule has 0 fully saturated rings. The number of nitrogens with one attached hydrogen (secondary N) is 2. The molecule has 0 unspecified atom stereocenters. The molecule has 0 aliphatic carbocycles. The monoisotopic (exact) mass is 372 g/mol. The Bertz CT molecular complexity index is 642. The first-order chi connectivity index (χ1) is 11.7. The van der Waals surface area contributed by atoms with Crippen molar-refractivity contribution in [1.29, 1.82) is 0 Å². The van der Waals surface area contributed by atoms with E-state index in [0.29, 0.717) is 6.42 Å². The van der Waals surface area contributed by atoms with Crippen LogP contribution in [0.1, 0.15) is 25.8 Å². The van der Waals surface area contributed by atoms with Gasteiger partial charge in [0.05, 0.1) is 11.4 Å². The normalized spacial score (nSPS) is 14.3. The summed E-state index contributed by atoms with van der Waals surface area (Å²) in [6, 6.07) is 5.60. The van der Waals surface area contributed by atoms with Crippen LogP contribution >= 0.6 is 0 Å². The van der Waals surface area contributed by atoms with Crippen LogP contribution in [0, 0.1) is 12.8 Å². The molecule has 142 valence electrons. The zero-order valence-corrected chi connectivity index (χ0v) is 16.2.